The van der Waals surface area contributed by atoms with Crippen LogP contribution in [0.15, 0.2) is 18.2 Å². The van der Waals surface area contributed by atoms with Crippen LogP contribution in [0.4, 0.5) is 4.39 Å². The Labute approximate surface area is 105 Å². The molecule has 0 saturated carbocycles. The van der Waals surface area contributed by atoms with E-state index in [9.17, 15) is 4.39 Å². The van der Waals surface area contributed by atoms with Crippen LogP contribution in [0.3, 0.4) is 0 Å². The molecule has 1 saturated heterocycles. The third-order valence-corrected chi connectivity index (χ3v) is 4.16. The fourth-order valence-electron chi connectivity index (χ4n) is 1.96. The summed E-state index contributed by atoms with van der Waals surface area (Å²) in [5, 5.41) is 12.1. The Kier molecular flexibility index (Phi) is 4.41. The molecule has 1 heterocycles. The largest absolute Gasteiger partial charge is 0.309 e. The fraction of sp³-hybridized carbons (Fsp3) is 0.462. The molecule has 0 bridgehead atoms. The Morgan fingerprint density at radius 3 is 3.12 bits per heavy atom. The van der Waals surface area contributed by atoms with Gasteiger partial charge in [0.25, 0.3) is 0 Å². The summed E-state index contributed by atoms with van der Waals surface area (Å²) >= 11 is 1.94. The Morgan fingerprint density at radius 2 is 2.41 bits per heavy atom. The summed E-state index contributed by atoms with van der Waals surface area (Å²) in [5.41, 5.74) is 0.710. The number of halogens is 1. The summed E-state index contributed by atoms with van der Waals surface area (Å²) in [6.45, 7) is 0.507. The fourth-order valence-corrected chi connectivity index (χ4v) is 3.07. The zero-order valence-electron chi connectivity index (χ0n) is 9.58. The van der Waals surface area contributed by atoms with E-state index in [0.29, 0.717) is 18.2 Å². The highest BCUT2D eigenvalue weighted by Crippen LogP contribution is 2.18. The topological polar surface area (TPSA) is 35.8 Å². The van der Waals surface area contributed by atoms with Crippen LogP contribution in [0.1, 0.15) is 24.0 Å². The smallest absolute Gasteiger partial charge is 0.145 e. The molecule has 1 unspecified atom stereocenters. The monoisotopic (exact) mass is 250 g/mol. The van der Waals surface area contributed by atoms with Crippen molar-refractivity contribution in [3.8, 4) is 6.07 Å². The maximum atomic E-state index is 13.8. The lowest BCUT2D eigenvalue weighted by atomic mass is 10.1. The highest BCUT2D eigenvalue weighted by molar-refractivity contribution is 7.99. The lowest BCUT2D eigenvalue weighted by Crippen LogP contribution is -2.33. The van der Waals surface area contributed by atoms with Crippen LogP contribution in [0.2, 0.25) is 0 Å². The van der Waals surface area contributed by atoms with Crippen LogP contribution in [0, 0.1) is 17.1 Å². The minimum absolute atomic E-state index is 0.127. The van der Waals surface area contributed by atoms with Crippen LogP contribution in [-0.2, 0) is 6.54 Å². The van der Waals surface area contributed by atoms with E-state index in [0.717, 1.165) is 12.2 Å². The van der Waals surface area contributed by atoms with Crippen molar-refractivity contribution in [2.75, 3.05) is 11.5 Å². The Morgan fingerprint density at radius 1 is 1.53 bits per heavy atom. The van der Waals surface area contributed by atoms with Crippen LogP contribution in [0.25, 0.3) is 0 Å². The summed E-state index contributed by atoms with van der Waals surface area (Å²) in [4.78, 5) is 0. The molecule has 0 aliphatic carbocycles. The average Bonchev–Trinajstić information content (AvgIpc) is 2.39. The van der Waals surface area contributed by atoms with Gasteiger partial charge in [-0.15, -0.1) is 0 Å². The van der Waals surface area contributed by atoms with Gasteiger partial charge in [-0.2, -0.15) is 17.0 Å². The summed E-state index contributed by atoms with van der Waals surface area (Å²) in [5.74, 6) is 1.95. The molecule has 1 aromatic carbocycles. The van der Waals surface area contributed by atoms with Gasteiger partial charge < -0.3 is 5.32 Å². The number of thioether (sulfide) groups is 1. The molecular weight excluding hydrogens is 235 g/mol. The lowest BCUT2D eigenvalue weighted by molar-refractivity contribution is 0.495. The van der Waals surface area contributed by atoms with E-state index in [2.05, 4.69) is 5.32 Å². The summed E-state index contributed by atoms with van der Waals surface area (Å²) in [7, 11) is 0. The number of benzene rings is 1. The molecule has 17 heavy (non-hydrogen) atoms. The first kappa shape index (κ1) is 12.4. The number of nitrogens with one attached hydrogen (secondary N) is 1. The van der Waals surface area contributed by atoms with E-state index < -0.39 is 0 Å². The molecule has 1 aliphatic heterocycles. The minimum atomic E-state index is -0.383. The quantitative estimate of drug-likeness (QED) is 0.896. The number of rotatable bonds is 3. The number of nitriles is 1. The average molecular weight is 250 g/mol. The van der Waals surface area contributed by atoms with Crippen LogP contribution >= 0.6 is 11.8 Å². The minimum Gasteiger partial charge on any atom is -0.309 e. The second-order valence-corrected chi connectivity index (χ2v) is 5.34. The van der Waals surface area contributed by atoms with E-state index in [-0.39, 0.29) is 11.4 Å². The molecule has 1 aliphatic rings. The van der Waals surface area contributed by atoms with Crippen molar-refractivity contribution in [1.82, 2.24) is 5.32 Å². The van der Waals surface area contributed by atoms with E-state index in [4.69, 9.17) is 5.26 Å². The molecule has 1 fully saturated rings. The van der Waals surface area contributed by atoms with Crippen molar-refractivity contribution in [2.45, 2.75) is 25.4 Å². The highest BCUT2D eigenvalue weighted by Gasteiger charge is 2.14. The standard InChI is InChI=1S/C13H15FN2S/c14-13-10(7-15)3-1-4-11(13)8-16-12-5-2-6-17-9-12/h1,3-4,12,16H,2,5-6,8-9H2. The van der Waals surface area contributed by atoms with Gasteiger partial charge in [-0.1, -0.05) is 12.1 Å². The molecule has 90 valence electrons. The summed E-state index contributed by atoms with van der Waals surface area (Å²) < 4.78 is 13.8. The van der Waals surface area contributed by atoms with Gasteiger partial charge in [0.05, 0.1) is 5.56 Å². The van der Waals surface area contributed by atoms with E-state index in [1.807, 2.05) is 17.8 Å². The first-order valence-corrected chi connectivity index (χ1v) is 6.95. The van der Waals surface area contributed by atoms with Gasteiger partial charge in [-0.3, -0.25) is 0 Å². The van der Waals surface area contributed by atoms with Gasteiger partial charge in [0.1, 0.15) is 11.9 Å². The normalized spacial score (nSPS) is 19.9. The van der Waals surface area contributed by atoms with E-state index in [1.165, 1.54) is 18.2 Å². The second-order valence-electron chi connectivity index (χ2n) is 4.19. The van der Waals surface area contributed by atoms with Crippen LogP contribution in [-0.4, -0.2) is 17.5 Å². The van der Waals surface area contributed by atoms with Crippen molar-refractivity contribution in [2.24, 2.45) is 0 Å². The molecule has 0 spiro atoms. The first-order chi connectivity index (χ1) is 8.31. The zero-order valence-corrected chi connectivity index (χ0v) is 10.4. The zero-order chi connectivity index (χ0) is 12.1. The molecule has 2 rings (SSSR count). The third kappa shape index (κ3) is 3.21. The third-order valence-electron chi connectivity index (χ3n) is 2.94. The molecule has 1 aromatic rings. The first-order valence-electron chi connectivity index (χ1n) is 5.80. The Bertz CT molecular complexity index is 422. The summed E-state index contributed by atoms with van der Waals surface area (Å²) in [6.07, 6.45) is 2.38. The second kappa shape index (κ2) is 6.04. The van der Waals surface area contributed by atoms with Gasteiger partial charge in [0, 0.05) is 23.9 Å². The van der Waals surface area contributed by atoms with Crippen LogP contribution < -0.4 is 5.32 Å². The van der Waals surface area contributed by atoms with Gasteiger partial charge in [-0.05, 0) is 24.7 Å². The van der Waals surface area contributed by atoms with Gasteiger partial charge in [0.2, 0.25) is 0 Å². The molecule has 0 radical (unpaired) electrons. The predicted molar refractivity (Wildman–Crippen MR) is 68.3 cm³/mol. The van der Waals surface area contributed by atoms with Gasteiger partial charge in [0.15, 0.2) is 0 Å². The molecule has 1 N–H and O–H groups in total. The Hall–Kier alpha value is -1.05. The van der Waals surface area contributed by atoms with E-state index >= 15 is 0 Å². The van der Waals surface area contributed by atoms with E-state index in [1.54, 1.807) is 12.1 Å². The maximum absolute atomic E-state index is 13.8. The molecule has 0 amide bonds. The molecule has 4 heteroatoms. The number of hydrogen-bond acceptors (Lipinski definition) is 3. The molecule has 1 atom stereocenters. The highest BCUT2D eigenvalue weighted by atomic mass is 32.2. The van der Waals surface area contributed by atoms with Crippen molar-refractivity contribution < 1.29 is 4.39 Å². The van der Waals surface area contributed by atoms with Crippen molar-refractivity contribution in [3.05, 3.63) is 35.1 Å². The van der Waals surface area contributed by atoms with Gasteiger partial charge in [-0.25, -0.2) is 4.39 Å². The van der Waals surface area contributed by atoms with Crippen LogP contribution in [0.5, 0.6) is 0 Å². The number of nitrogens with zero attached hydrogens (tertiary/aromatic N) is 1. The van der Waals surface area contributed by atoms with Crippen molar-refractivity contribution in [1.29, 1.82) is 5.26 Å². The van der Waals surface area contributed by atoms with Crippen molar-refractivity contribution >= 4 is 11.8 Å². The molecule has 2 nitrogen and oxygen atoms in total. The summed E-state index contributed by atoms with van der Waals surface area (Å²) in [6, 6.07) is 7.31. The van der Waals surface area contributed by atoms with Gasteiger partial charge >= 0.3 is 0 Å². The predicted octanol–water partition coefficient (Wildman–Crippen LogP) is 2.68. The van der Waals surface area contributed by atoms with Crippen molar-refractivity contribution in [3.63, 3.8) is 0 Å². The molecular formula is C13H15FN2S. The maximum Gasteiger partial charge on any atom is 0.145 e. The molecule has 0 aromatic heterocycles. The SMILES string of the molecule is N#Cc1cccc(CNC2CCCSC2)c1F. The lowest BCUT2D eigenvalue weighted by Gasteiger charge is -2.22. The Balaban J connectivity index is 1.96. The number of hydrogen-bond donors (Lipinski definition) is 1.